The predicted molar refractivity (Wildman–Crippen MR) is 78.9 cm³/mol. The Bertz CT molecular complexity index is 490. The van der Waals surface area contributed by atoms with Crippen molar-refractivity contribution in [3.8, 4) is 5.75 Å². The number of benzene rings is 1. The molecule has 0 bridgehead atoms. The molecule has 0 atom stereocenters. The quantitative estimate of drug-likeness (QED) is 0.391. The lowest BCUT2D eigenvalue weighted by molar-refractivity contribution is -0.384. The molecule has 0 heterocycles. The highest BCUT2D eigenvalue weighted by Gasteiger charge is 2.14. The molecule has 0 fully saturated rings. The number of carboxylic acids is 1. The number of carboxylic acid groups (broad SMARTS) is 1. The van der Waals surface area contributed by atoms with Crippen LogP contribution >= 0.6 is 0 Å². The molecule has 0 aromatic heterocycles. The first kappa shape index (κ1) is 16.7. The monoisotopic (exact) mass is 296 g/mol. The predicted octanol–water partition coefficient (Wildman–Crippen LogP) is 3.05. The highest BCUT2D eigenvalue weighted by Crippen LogP contribution is 2.28. The molecular formula is C14H20N2O5. The summed E-state index contributed by atoms with van der Waals surface area (Å²) in [5, 5.41) is 22.5. The number of aliphatic carboxylic acids is 1. The number of rotatable bonds is 10. The van der Waals surface area contributed by atoms with Gasteiger partial charge in [-0.25, -0.2) is 0 Å². The number of nitrogens with zero attached hydrogens (tertiary/aromatic N) is 1. The van der Waals surface area contributed by atoms with Crippen molar-refractivity contribution < 1.29 is 19.6 Å². The number of nitro groups is 1. The van der Waals surface area contributed by atoms with Crippen LogP contribution in [0.25, 0.3) is 0 Å². The van der Waals surface area contributed by atoms with Gasteiger partial charge in [-0.05, 0) is 25.0 Å². The van der Waals surface area contributed by atoms with Gasteiger partial charge in [0, 0.05) is 13.0 Å². The number of anilines is 1. The summed E-state index contributed by atoms with van der Waals surface area (Å²) in [6.07, 6.45) is 3.43. The number of nitro benzene ring substituents is 1. The SMILES string of the molecule is COc1ccc(NCCCCCCC(=O)O)c([N+](=O)[O-])c1. The van der Waals surface area contributed by atoms with Crippen molar-refractivity contribution in [3.05, 3.63) is 28.3 Å². The summed E-state index contributed by atoms with van der Waals surface area (Å²) >= 11 is 0. The van der Waals surface area contributed by atoms with E-state index in [-0.39, 0.29) is 12.1 Å². The van der Waals surface area contributed by atoms with Crippen molar-refractivity contribution in [1.29, 1.82) is 0 Å². The minimum Gasteiger partial charge on any atom is -0.496 e. The Hall–Kier alpha value is -2.31. The Labute approximate surface area is 123 Å². The summed E-state index contributed by atoms with van der Waals surface area (Å²) in [6, 6.07) is 4.68. The second-order valence-electron chi connectivity index (χ2n) is 4.62. The summed E-state index contributed by atoms with van der Waals surface area (Å²) in [7, 11) is 1.46. The van der Waals surface area contributed by atoms with Gasteiger partial charge in [0.05, 0.1) is 18.1 Å². The summed E-state index contributed by atoms with van der Waals surface area (Å²) < 4.78 is 4.97. The Kier molecular flexibility index (Phi) is 7.00. The van der Waals surface area contributed by atoms with E-state index in [2.05, 4.69) is 5.32 Å². The number of ether oxygens (including phenoxy) is 1. The smallest absolute Gasteiger partial charge is 0.303 e. The molecule has 2 N–H and O–H groups in total. The molecule has 0 saturated heterocycles. The molecular weight excluding hydrogens is 276 g/mol. The van der Waals surface area contributed by atoms with Gasteiger partial charge in [-0.2, -0.15) is 0 Å². The zero-order chi connectivity index (χ0) is 15.7. The number of hydrogen-bond donors (Lipinski definition) is 2. The number of carbonyl (C=O) groups is 1. The number of hydrogen-bond acceptors (Lipinski definition) is 5. The van der Waals surface area contributed by atoms with Crippen LogP contribution in [-0.4, -0.2) is 29.7 Å². The van der Waals surface area contributed by atoms with Gasteiger partial charge >= 0.3 is 5.97 Å². The van der Waals surface area contributed by atoms with Gasteiger partial charge in [-0.1, -0.05) is 12.8 Å². The van der Waals surface area contributed by atoms with E-state index >= 15 is 0 Å². The molecule has 0 aliphatic rings. The molecule has 0 spiro atoms. The molecule has 0 saturated carbocycles. The Morgan fingerprint density at radius 2 is 2.05 bits per heavy atom. The van der Waals surface area contributed by atoms with Crippen molar-refractivity contribution in [2.24, 2.45) is 0 Å². The highest BCUT2D eigenvalue weighted by molar-refractivity contribution is 5.66. The van der Waals surface area contributed by atoms with Crippen molar-refractivity contribution in [2.75, 3.05) is 19.0 Å². The maximum atomic E-state index is 11.0. The van der Waals surface area contributed by atoms with Crippen LogP contribution in [0, 0.1) is 10.1 Å². The Morgan fingerprint density at radius 1 is 1.33 bits per heavy atom. The second-order valence-corrected chi connectivity index (χ2v) is 4.62. The summed E-state index contributed by atoms with van der Waals surface area (Å²) in [5.41, 5.74) is 0.451. The molecule has 0 aliphatic carbocycles. The van der Waals surface area contributed by atoms with Crippen molar-refractivity contribution >= 4 is 17.3 Å². The molecule has 7 heteroatoms. The molecule has 0 aliphatic heterocycles. The molecule has 21 heavy (non-hydrogen) atoms. The van der Waals surface area contributed by atoms with E-state index in [1.807, 2.05) is 0 Å². The number of nitrogens with one attached hydrogen (secondary N) is 1. The van der Waals surface area contributed by atoms with Crippen LogP contribution in [0.3, 0.4) is 0 Å². The normalized spacial score (nSPS) is 10.1. The van der Waals surface area contributed by atoms with Crippen LogP contribution in [0.4, 0.5) is 11.4 Å². The molecule has 0 radical (unpaired) electrons. The molecule has 0 unspecified atom stereocenters. The standard InChI is InChI=1S/C14H20N2O5/c1-21-11-7-8-12(13(10-11)16(19)20)15-9-5-3-2-4-6-14(17)18/h7-8,10,15H,2-6,9H2,1H3,(H,17,18). The molecule has 0 amide bonds. The molecule has 1 aromatic rings. The van der Waals surface area contributed by atoms with E-state index in [0.29, 0.717) is 24.4 Å². The zero-order valence-electron chi connectivity index (χ0n) is 12.0. The van der Waals surface area contributed by atoms with E-state index in [1.165, 1.54) is 13.2 Å². The fraction of sp³-hybridized carbons (Fsp3) is 0.500. The third kappa shape index (κ3) is 6.11. The summed E-state index contributed by atoms with van der Waals surface area (Å²) in [5.74, 6) is -0.331. The third-order valence-electron chi connectivity index (χ3n) is 3.03. The van der Waals surface area contributed by atoms with Gasteiger partial charge in [0.25, 0.3) is 5.69 Å². The van der Waals surface area contributed by atoms with Crippen LogP contribution in [0.15, 0.2) is 18.2 Å². The summed E-state index contributed by atoms with van der Waals surface area (Å²) in [4.78, 5) is 20.9. The molecule has 1 aromatic carbocycles. The highest BCUT2D eigenvalue weighted by atomic mass is 16.6. The number of methoxy groups -OCH3 is 1. The Balaban J connectivity index is 2.38. The van der Waals surface area contributed by atoms with Crippen molar-refractivity contribution in [3.63, 3.8) is 0 Å². The lowest BCUT2D eigenvalue weighted by atomic mass is 10.1. The Morgan fingerprint density at radius 3 is 2.67 bits per heavy atom. The van der Waals surface area contributed by atoms with Crippen LogP contribution in [0.5, 0.6) is 5.75 Å². The van der Waals surface area contributed by atoms with Crippen molar-refractivity contribution in [2.45, 2.75) is 32.1 Å². The summed E-state index contributed by atoms with van der Waals surface area (Å²) in [6.45, 7) is 0.611. The van der Waals surface area contributed by atoms with E-state index in [9.17, 15) is 14.9 Å². The maximum absolute atomic E-state index is 11.0. The third-order valence-corrected chi connectivity index (χ3v) is 3.03. The fourth-order valence-electron chi connectivity index (χ4n) is 1.92. The van der Waals surface area contributed by atoms with Crippen LogP contribution in [0.2, 0.25) is 0 Å². The van der Waals surface area contributed by atoms with Gasteiger partial charge < -0.3 is 15.2 Å². The van der Waals surface area contributed by atoms with E-state index in [4.69, 9.17) is 9.84 Å². The second kappa shape index (κ2) is 8.78. The molecule has 116 valence electrons. The average Bonchev–Trinajstić information content (AvgIpc) is 2.45. The first-order valence-electron chi connectivity index (χ1n) is 6.82. The van der Waals surface area contributed by atoms with Gasteiger partial charge in [0.15, 0.2) is 0 Å². The van der Waals surface area contributed by atoms with Crippen LogP contribution in [0.1, 0.15) is 32.1 Å². The van der Waals surface area contributed by atoms with Crippen LogP contribution < -0.4 is 10.1 Å². The molecule has 7 nitrogen and oxygen atoms in total. The van der Waals surface area contributed by atoms with E-state index in [0.717, 1.165) is 19.3 Å². The minimum absolute atomic E-state index is 0.0137. The fourth-order valence-corrected chi connectivity index (χ4v) is 1.92. The first-order chi connectivity index (χ1) is 10.0. The number of unbranched alkanes of at least 4 members (excludes halogenated alkanes) is 3. The first-order valence-corrected chi connectivity index (χ1v) is 6.82. The lowest BCUT2D eigenvalue weighted by Gasteiger charge is -2.08. The average molecular weight is 296 g/mol. The van der Waals surface area contributed by atoms with Gasteiger partial charge in [-0.3, -0.25) is 14.9 Å². The molecule has 1 rings (SSSR count). The minimum atomic E-state index is -0.776. The van der Waals surface area contributed by atoms with Gasteiger partial charge in [0.2, 0.25) is 0 Å². The van der Waals surface area contributed by atoms with E-state index < -0.39 is 10.9 Å². The van der Waals surface area contributed by atoms with Gasteiger partial charge in [0.1, 0.15) is 11.4 Å². The largest absolute Gasteiger partial charge is 0.496 e. The van der Waals surface area contributed by atoms with E-state index in [1.54, 1.807) is 12.1 Å². The van der Waals surface area contributed by atoms with Gasteiger partial charge in [-0.15, -0.1) is 0 Å². The zero-order valence-corrected chi connectivity index (χ0v) is 12.0. The lowest BCUT2D eigenvalue weighted by Crippen LogP contribution is -2.04. The van der Waals surface area contributed by atoms with Crippen molar-refractivity contribution in [1.82, 2.24) is 0 Å². The topological polar surface area (TPSA) is 102 Å². The maximum Gasteiger partial charge on any atom is 0.303 e. The van der Waals surface area contributed by atoms with Crippen LogP contribution in [-0.2, 0) is 4.79 Å².